The Kier molecular flexibility index (Phi) is 2.35. The summed E-state index contributed by atoms with van der Waals surface area (Å²) in [5.74, 6) is -2.18. The maximum Gasteiger partial charge on any atom is 0.341 e. The summed E-state index contributed by atoms with van der Waals surface area (Å²) in [5.41, 5.74) is 0.713. The van der Waals surface area contributed by atoms with E-state index in [1.165, 1.54) is 7.11 Å². The summed E-state index contributed by atoms with van der Waals surface area (Å²) in [5, 5.41) is 10.6. The molecular formula is C10H9NO5. The third kappa shape index (κ3) is 1.43. The number of methoxy groups -OCH3 is 1. The molecule has 0 aliphatic carbocycles. The van der Waals surface area contributed by atoms with E-state index in [-0.39, 0.29) is 0 Å². The van der Waals surface area contributed by atoms with E-state index < -0.39 is 23.2 Å². The Morgan fingerprint density at radius 1 is 1.50 bits per heavy atom. The number of cyclic esters (lactones) is 1. The van der Waals surface area contributed by atoms with Gasteiger partial charge in [-0.25, -0.2) is 4.79 Å². The molecule has 0 fully saturated rings. The molecule has 2 rings (SSSR count). The van der Waals surface area contributed by atoms with E-state index in [1.807, 2.05) is 0 Å². The number of hydrogen-bond acceptors (Lipinski definition) is 5. The fourth-order valence-electron chi connectivity index (χ4n) is 1.76. The van der Waals surface area contributed by atoms with Crippen LogP contribution in [0.1, 0.15) is 15.9 Å². The molecule has 0 bridgehead atoms. The monoisotopic (exact) mass is 223 g/mol. The molecule has 0 amide bonds. The number of hydrogen-bond donors (Lipinski definition) is 0. The molecule has 6 nitrogen and oxygen atoms in total. The van der Waals surface area contributed by atoms with E-state index in [0.29, 0.717) is 11.1 Å². The second-order valence-corrected chi connectivity index (χ2v) is 3.38. The zero-order valence-corrected chi connectivity index (χ0v) is 8.50. The Hall–Kier alpha value is -1.95. The largest absolute Gasteiger partial charge is 0.418 e. The van der Waals surface area contributed by atoms with Gasteiger partial charge >= 0.3 is 11.8 Å². The number of esters is 1. The number of nitrogens with zero attached hydrogens (tertiary/aromatic N) is 1. The molecule has 1 unspecified atom stereocenters. The molecule has 0 N–H and O–H groups in total. The normalized spacial score (nSPS) is 22.7. The lowest BCUT2D eigenvalue weighted by Gasteiger charge is -2.22. The Morgan fingerprint density at radius 2 is 2.19 bits per heavy atom. The number of carbonyl (C=O) groups is 1. The molecule has 1 aromatic carbocycles. The van der Waals surface area contributed by atoms with Crippen molar-refractivity contribution in [3.05, 3.63) is 45.5 Å². The average Bonchev–Trinajstić information content (AvgIpc) is 2.53. The van der Waals surface area contributed by atoms with Crippen molar-refractivity contribution in [3.63, 3.8) is 0 Å². The van der Waals surface area contributed by atoms with Crippen molar-refractivity contribution in [1.82, 2.24) is 0 Å². The van der Waals surface area contributed by atoms with Gasteiger partial charge in [0.05, 0.1) is 5.56 Å². The first-order valence-corrected chi connectivity index (χ1v) is 4.59. The van der Waals surface area contributed by atoms with E-state index in [4.69, 9.17) is 9.47 Å². The van der Waals surface area contributed by atoms with Crippen LogP contribution in [0.5, 0.6) is 0 Å². The maximum absolute atomic E-state index is 11.5. The van der Waals surface area contributed by atoms with Gasteiger partial charge < -0.3 is 9.47 Å². The lowest BCUT2D eigenvalue weighted by molar-refractivity contribution is -0.520. The lowest BCUT2D eigenvalue weighted by atomic mass is 10.0. The lowest BCUT2D eigenvalue weighted by Crippen LogP contribution is -2.36. The van der Waals surface area contributed by atoms with Crippen molar-refractivity contribution >= 4 is 5.97 Å². The minimum Gasteiger partial charge on any atom is -0.418 e. The van der Waals surface area contributed by atoms with Crippen LogP contribution >= 0.6 is 0 Å². The van der Waals surface area contributed by atoms with Gasteiger partial charge in [0, 0.05) is 17.6 Å². The zero-order chi connectivity index (χ0) is 11.8. The van der Waals surface area contributed by atoms with Gasteiger partial charge in [-0.15, -0.1) is 0 Å². The van der Waals surface area contributed by atoms with Crippen LogP contribution in [0.2, 0.25) is 0 Å². The molecule has 84 valence electrons. The minimum atomic E-state index is -1.59. The molecule has 16 heavy (non-hydrogen) atoms. The molecular weight excluding hydrogens is 214 g/mol. The van der Waals surface area contributed by atoms with Gasteiger partial charge in [0.15, 0.2) is 0 Å². The van der Waals surface area contributed by atoms with Gasteiger partial charge in [0.25, 0.3) is 6.54 Å². The van der Waals surface area contributed by atoms with Gasteiger partial charge in [0.2, 0.25) is 0 Å². The highest BCUT2D eigenvalue weighted by atomic mass is 16.7. The number of fused-ring (bicyclic) bond motifs is 1. The summed E-state index contributed by atoms with van der Waals surface area (Å²) in [4.78, 5) is 21.5. The number of nitro groups is 1. The Bertz CT molecular complexity index is 454. The van der Waals surface area contributed by atoms with E-state index in [2.05, 4.69) is 0 Å². The van der Waals surface area contributed by atoms with Gasteiger partial charge in [-0.3, -0.25) is 10.1 Å². The minimum absolute atomic E-state index is 0.311. The van der Waals surface area contributed by atoms with Gasteiger partial charge in [-0.2, -0.15) is 0 Å². The highest BCUT2D eigenvalue weighted by Gasteiger charge is 2.50. The number of carbonyl (C=O) groups excluding carboxylic acids is 1. The molecule has 0 saturated carbocycles. The summed E-state index contributed by atoms with van der Waals surface area (Å²) in [6.07, 6.45) is 0. The van der Waals surface area contributed by atoms with Crippen molar-refractivity contribution < 1.29 is 19.2 Å². The fraction of sp³-hybridized carbons (Fsp3) is 0.300. The maximum atomic E-state index is 11.5. The van der Waals surface area contributed by atoms with E-state index in [1.54, 1.807) is 24.3 Å². The van der Waals surface area contributed by atoms with Crippen LogP contribution < -0.4 is 0 Å². The van der Waals surface area contributed by atoms with E-state index in [0.717, 1.165) is 0 Å². The first kappa shape index (κ1) is 10.6. The van der Waals surface area contributed by atoms with Crippen LogP contribution in [-0.4, -0.2) is 24.5 Å². The van der Waals surface area contributed by atoms with Crippen molar-refractivity contribution in [2.45, 2.75) is 5.79 Å². The number of ether oxygens (including phenoxy) is 2. The second kappa shape index (κ2) is 3.57. The first-order chi connectivity index (χ1) is 7.59. The average molecular weight is 223 g/mol. The van der Waals surface area contributed by atoms with E-state index in [9.17, 15) is 14.9 Å². The van der Waals surface area contributed by atoms with Crippen LogP contribution in [-0.2, 0) is 15.3 Å². The molecule has 1 heterocycles. The Balaban J connectivity index is 2.51. The van der Waals surface area contributed by atoms with Crippen molar-refractivity contribution in [3.8, 4) is 0 Å². The molecule has 0 spiro atoms. The van der Waals surface area contributed by atoms with Gasteiger partial charge in [-0.05, 0) is 6.07 Å². The Labute approximate surface area is 90.9 Å². The standard InChI is InChI=1S/C10H9NO5/c1-15-10(6-11(13)14)8-5-3-2-4-7(8)9(12)16-10/h2-5H,6H2,1H3. The topological polar surface area (TPSA) is 78.7 Å². The molecule has 1 aliphatic rings. The summed E-state index contributed by atoms with van der Waals surface area (Å²) in [7, 11) is 1.28. The predicted molar refractivity (Wildman–Crippen MR) is 52.4 cm³/mol. The molecule has 1 atom stereocenters. The smallest absolute Gasteiger partial charge is 0.341 e. The van der Waals surface area contributed by atoms with Gasteiger partial charge in [-0.1, -0.05) is 18.2 Å². The molecule has 0 radical (unpaired) electrons. The second-order valence-electron chi connectivity index (χ2n) is 3.38. The molecule has 0 aromatic heterocycles. The van der Waals surface area contributed by atoms with Crippen LogP contribution in [0.25, 0.3) is 0 Å². The predicted octanol–water partition coefficient (Wildman–Crippen LogP) is 0.933. The fourth-order valence-corrected chi connectivity index (χ4v) is 1.76. The highest BCUT2D eigenvalue weighted by Crippen LogP contribution is 2.37. The summed E-state index contributed by atoms with van der Waals surface area (Å²) in [6.45, 7) is -0.605. The third-order valence-electron chi connectivity index (χ3n) is 2.48. The number of rotatable bonds is 3. The highest BCUT2D eigenvalue weighted by molar-refractivity contribution is 5.94. The molecule has 1 aliphatic heterocycles. The summed E-state index contributed by atoms with van der Waals surface area (Å²) < 4.78 is 10.00. The van der Waals surface area contributed by atoms with Gasteiger partial charge in [0.1, 0.15) is 0 Å². The number of benzene rings is 1. The third-order valence-corrected chi connectivity index (χ3v) is 2.48. The van der Waals surface area contributed by atoms with Crippen LogP contribution in [0, 0.1) is 10.1 Å². The summed E-state index contributed by atoms with van der Waals surface area (Å²) in [6, 6.07) is 6.48. The molecule has 6 heteroatoms. The SMILES string of the molecule is COC1(C[N+](=O)[O-])OC(=O)c2ccccc21. The van der Waals surface area contributed by atoms with Crippen LogP contribution in [0.3, 0.4) is 0 Å². The molecule has 0 saturated heterocycles. The first-order valence-electron chi connectivity index (χ1n) is 4.59. The van der Waals surface area contributed by atoms with Crippen molar-refractivity contribution in [2.75, 3.05) is 13.7 Å². The zero-order valence-electron chi connectivity index (χ0n) is 8.50. The molecule has 1 aromatic rings. The van der Waals surface area contributed by atoms with E-state index >= 15 is 0 Å². The Morgan fingerprint density at radius 3 is 2.81 bits per heavy atom. The van der Waals surface area contributed by atoms with Crippen molar-refractivity contribution in [2.24, 2.45) is 0 Å². The summed E-state index contributed by atoms with van der Waals surface area (Å²) >= 11 is 0. The van der Waals surface area contributed by atoms with Crippen LogP contribution in [0.4, 0.5) is 0 Å². The quantitative estimate of drug-likeness (QED) is 0.432. The van der Waals surface area contributed by atoms with Crippen molar-refractivity contribution in [1.29, 1.82) is 0 Å². The van der Waals surface area contributed by atoms with Crippen LogP contribution in [0.15, 0.2) is 24.3 Å².